The molecule has 58 valence electrons. The van der Waals surface area contributed by atoms with Gasteiger partial charge in [0.25, 0.3) is 0 Å². The van der Waals surface area contributed by atoms with Gasteiger partial charge in [-0.15, -0.1) is 0 Å². The van der Waals surface area contributed by atoms with Crippen LogP contribution < -0.4 is 11.5 Å². The first-order valence-corrected chi connectivity index (χ1v) is 3.51. The maximum Gasteiger partial charge on any atom is 0.0345 e. The molecule has 1 aromatic rings. The van der Waals surface area contributed by atoms with Crippen molar-refractivity contribution in [3.63, 3.8) is 0 Å². The third kappa shape index (κ3) is 1.74. The molecular formula is C9H12N2. The van der Waals surface area contributed by atoms with E-state index in [4.69, 9.17) is 11.5 Å². The molecule has 2 nitrogen and oxygen atoms in total. The number of nitrogen functional groups attached to an aromatic ring is 1. The summed E-state index contributed by atoms with van der Waals surface area (Å²) in [6, 6.07) is 7.52. The summed E-state index contributed by atoms with van der Waals surface area (Å²) in [7, 11) is 0. The molecule has 0 spiro atoms. The normalized spacial score (nSPS) is 11.5. The van der Waals surface area contributed by atoms with Gasteiger partial charge in [-0.05, 0) is 24.6 Å². The zero-order valence-corrected chi connectivity index (χ0v) is 6.54. The van der Waals surface area contributed by atoms with Gasteiger partial charge in [0.2, 0.25) is 0 Å². The van der Waals surface area contributed by atoms with Crippen molar-refractivity contribution >= 4 is 11.4 Å². The third-order valence-electron chi connectivity index (χ3n) is 1.53. The molecule has 11 heavy (non-hydrogen) atoms. The van der Waals surface area contributed by atoms with Crippen molar-refractivity contribution in [3.8, 4) is 0 Å². The number of nitrogens with two attached hydrogens (primary N) is 2. The molecule has 0 unspecified atom stereocenters. The second kappa shape index (κ2) is 3.10. The summed E-state index contributed by atoms with van der Waals surface area (Å²) in [6.45, 7) is 1.90. The summed E-state index contributed by atoms with van der Waals surface area (Å²) < 4.78 is 0. The number of hydrogen-bond acceptors (Lipinski definition) is 2. The lowest BCUT2D eigenvalue weighted by Gasteiger charge is -2.00. The van der Waals surface area contributed by atoms with E-state index in [0.717, 1.165) is 16.9 Å². The molecule has 0 aliphatic heterocycles. The Labute approximate surface area is 66.5 Å². The van der Waals surface area contributed by atoms with Crippen LogP contribution in [0.15, 0.2) is 30.3 Å². The lowest BCUT2D eigenvalue weighted by atomic mass is 10.1. The van der Waals surface area contributed by atoms with Crippen LogP contribution in [0.4, 0.5) is 5.69 Å². The molecule has 0 aliphatic rings. The molecular weight excluding hydrogens is 136 g/mol. The van der Waals surface area contributed by atoms with Crippen molar-refractivity contribution in [2.75, 3.05) is 5.73 Å². The second-order valence-electron chi connectivity index (χ2n) is 2.37. The number of rotatable bonds is 1. The number of anilines is 1. The Morgan fingerprint density at radius 2 is 2.18 bits per heavy atom. The molecule has 0 fully saturated rings. The topological polar surface area (TPSA) is 52.0 Å². The first kappa shape index (κ1) is 7.66. The van der Waals surface area contributed by atoms with E-state index in [9.17, 15) is 0 Å². The molecule has 0 atom stereocenters. The highest BCUT2D eigenvalue weighted by atomic mass is 14.6. The molecule has 0 saturated heterocycles. The molecule has 0 aromatic heterocycles. The second-order valence-corrected chi connectivity index (χ2v) is 2.37. The number of hydrogen-bond donors (Lipinski definition) is 2. The average Bonchev–Trinajstić information content (AvgIpc) is 2.03. The Bertz CT molecular complexity index is 277. The number of allylic oxidation sites excluding steroid dienone is 1. The van der Waals surface area contributed by atoms with Gasteiger partial charge in [0, 0.05) is 11.4 Å². The van der Waals surface area contributed by atoms with Gasteiger partial charge in [-0.2, -0.15) is 0 Å². The van der Waals surface area contributed by atoms with Crippen LogP contribution in [-0.4, -0.2) is 0 Å². The van der Waals surface area contributed by atoms with Gasteiger partial charge < -0.3 is 11.5 Å². The van der Waals surface area contributed by atoms with Gasteiger partial charge in [-0.25, -0.2) is 0 Å². The fourth-order valence-corrected chi connectivity index (χ4v) is 0.885. The highest BCUT2D eigenvalue weighted by Crippen LogP contribution is 2.11. The van der Waals surface area contributed by atoms with Crippen LogP contribution in [0, 0.1) is 0 Å². The van der Waals surface area contributed by atoms with Crippen molar-refractivity contribution in [3.05, 3.63) is 35.9 Å². The lowest BCUT2D eigenvalue weighted by molar-refractivity contribution is 1.49. The van der Waals surface area contributed by atoms with E-state index in [0.29, 0.717) is 0 Å². The van der Waals surface area contributed by atoms with Crippen LogP contribution >= 0.6 is 0 Å². The molecule has 0 saturated carbocycles. The minimum atomic E-state index is 0.743. The third-order valence-corrected chi connectivity index (χ3v) is 1.53. The molecule has 4 N–H and O–H groups in total. The average molecular weight is 148 g/mol. The summed E-state index contributed by atoms with van der Waals surface area (Å²) in [5.74, 6) is 0. The van der Waals surface area contributed by atoms with Crippen LogP contribution in [0.5, 0.6) is 0 Å². The maximum absolute atomic E-state index is 5.67. The molecule has 0 bridgehead atoms. The highest BCUT2D eigenvalue weighted by molar-refractivity contribution is 5.65. The first-order valence-electron chi connectivity index (χ1n) is 3.51. The Balaban J connectivity index is 3.06. The van der Waals surface area contributed by atoms with Gasteiger partial charge >= 0.3 is 0 Å². The van der Waals surface area contributed by atoms with Crippen LogP contribution in [0.1, 0.15) is 12.5 Å². The summed E-state index contributed by atoms with van der Waals surface area (Å²) >= 11 is 0. The lowest BCUT2D eigenvalue weighted by Crippen LogP contribution is -1.96. The van der Waals surface area contributed by atoms with E-state index < -0.39 is 0 Å². The van der Waals surface area contributed by atoms with E-state index in [1.54, 1.807) is 0 Å². The van der Waals surface area contributed by atoms with Crippen molar-refractivity contribution in [1.29, 1.82) is 0 Å². The molecule has 1 rings (SSSR count). The standard InChI is InChI=1S/C9H12N2/c1-2-9(11)7-4-3-5-8(10)6-7/h2-6H,10-11H2,1H3/b9-2-. The van der Waals surface area contributed by atoms with Crippen LogP contribution in [0.2, 0.25) is 0 Å². The van der Waals surface area contributed by atoms with Crippen LogP contribution in [-0.2, 0) is 0 Å². The Morgan fingerprint density at radius 1 is 1.45 bits per heavy atom. The fourth-order valence-electron chi connectivity index (χ4n) is 0.885. The van der Waals surface area contributed by atoms with E-state index in [1.165, 1.54) is 0 Å². The Morgan fingerprint density at radius 3 is 2.73 bits per heavy atom. The van der Waals surface area contributed by atoms with E-state index in [1.807, 2.05) is 37.3 Å². The van der Waals surface area contributed by atoms with Gasteiger partial charge in [0.1, 0.15) is 0 Å². The molecule has 0 heterocycles. The summed E-state index contributed by atoms with van der Waals surface area (Å²) in [5.41, 5.74) is 13.7. The minimum Gasteiger partial charge on any atom is -0.399 e. The van der Waals surface area contributed by atoms with E-state index in [2.05, 4.69) is 0 Å². The summed E-state index contributed by atoms with van der Waals surface area (Å²) in [5, 5.41) is 0. The van der Waals surface area contributed by atoms with Crippen molar-refractivity contribution in [1.82, 2.24) is 0 Å². The Kier molecular flexibility index (Phi) is 2.16. The van der Waals surface area contributed by atoms with Crippen molar-refractivity contribution in [2.45, 2.75) is 6.92 Å². The maximum atomic E-state index is 5.67. The Hall–Kier alpha value is -1.44. The molecule has 0 amide bonds. The van der Waals surface area contributed by atoms with Gasteiger partial charge in [0.15, 0.2) is 0 Å². The van der Waals surface area contributed by atoms with E-state index in [-0.39, 0.29) is 0 Å². The van der Waals surface area contributed by atoms with Crippen molar-refractivity contribution in [2.24, 2.45) is 5.73 Å². The molecule has 2 heteroatoms. The molecule has 0 aliphatic carbocycles. The zero-order valence-electron chi connectivity index (χ0n) is 6.54. The largest absolute Gasteiger partial charge is 0.399 e. The summed E-state index contributed by atoms with van der Waals surface area (Å²) in [6.07, 6.45) is 1.86. The van der Waals surface area contributed by atoms with Gasteiger partial charge in [-0.1, -0.05) is 18.2 Å². The monoisotopic (exact) mass is 148 g/mol. The quantitative estimate of drug-likeness (QED) is 0.594. The van der Waals surface area contributed by atoms with Crippen LogP contribution in [0.25, 0.3) is 5.70 Å². The summed E-state index contributed by atoms with van der Waals surface area (Å²) in [4.78, 5) is 0. The SMILES string of the molecule is C/C=C(\N)c1cccc(N)c1. The minimum absolute atomic E-state index is 0.743. The molecule has 0 radical (unpaired) electrons. The van der Waals surface area contributed by atoms with Crippen molar-refractivity contribution < 1.29 is 0 Å². The molecule has 1 aromatic carbocycles. The number of benzene rings is 1. The smallest absolute Gasteiger partial charge is 0.0345 e. The van der Waals surface area contributed by atoms with Gasteiger partial charge in [-0.3, -0.25) is 0 Å². The fraction of sp³-hybridized carbons (Fsp3) is 0.111. The first-order chi connectivity index (χ1) is 5.24. The van der Waals surface area contributed by atoms with E-state index >= 15 is 0 Å². The zero-order chi connectivity index (χ0) is 8.27. The van der Waals surface area contributed by atoms with Crippen LogP contribution in [0.3, 0.4) is 0 Å². The highest BCUT2D eigenvalue weighted by Gasteiger charge is 1.93. The van der Waals surface area contributed by atoms with Gasteiger partial charge in [0.05, 0.1) is 0 Å². The predicted octanol–water partition coefficient (Wildman–Crippen LogP) is 1.59. The predicted molar refractivity (Wildman–Crippen MR) is 48.7 cm³/mol.